The van der Waals surface area contributed by atoms with Gasteiger partial charge in [0.2, 0.25) is 0 Å². The zero-order valence-corrected chi connectivity index (χ0v) is 26.7. The highest BCUT2D eigenvalue weighted by molar-refractivity contribution is 5.90. The Hall–Kier alpha value is -4.43. The highest BCUT2D eigenvalue weighted by atomic mass is 16.6. The molecule has 4 atom stereocenters. The van der Waals surface area contributed by atoms with E-state index >= 15 is 0 Å². The zero-order valence-electron chi connectivity index (χ0n) is 26.7. The zero-order chi connectivity index (χ0) is 31.3. The molecule has 0 radical (unpaired) electrons. The van der Waals surface area contributed by atoms with E-state index in [-0.39, 0.29) is 18.2 Å². The smallest absolute Gasteiger partial charge is 0.411 e. The summed E-state index contributed by atoms with van der Waals surface area (Å²) in [6, 6.07) is 22.1. The number of nitrogens with one attached hydrogen (secondary N) is 3. The summed E-state index contributed by atoms with van der Waals surface area (Å²) in [5, 5.41) is 5.89. The van der Waals surface area contributed by atoms with Gasteiger partial charge in [-0.1, -0.05) is 55.5 Å². The van der Waals surface area contributed by atoms with Crippen molar-refractivity contribution in [2.75, 3.05) is 6.54 Å². The molecule has 2 aliphatic heterocycles. The number of nitrogens with zero attached hydrogens (tertiary/aromatic N) is 3. The van der Waals surface area contributed by atoms with E-state index in [2.05, 4.69) is 94.8 Å². The van der Waals surface area contributed by atoms with Crippen molar-refractivity contribution in [3.05, 3.63) is 84.7 Å². The standard InChI is InChI=1S/C37H42N6O2/c1-22-16-30(38-19-22)34-39-20-31(41-34)25-9-7-24(8-10-25)26-11-12-28-18-29(14-13-27(28)17-26)32-21-40-35(42-32)33-15-6-23(2)43(33)36(44)45-37(3,4)5/h7-14,17-18,20-23,30,33,38H,6,15-16,19H2,1-5H3,(H,39,41)(H,40,42)/t22?,23?,30-,33-/m0/s1. The van der Waals surface area contributed by atoms with Crippen molar-refractivity contribution in [3.8, 4) is 33.6 Å². The van der Waals surface area contributed by atoms with E-state index in [9.17, 15) is 4.79 Å². The molecule has 2 aliphatic rings. The first-order chi connectivity index (χ1) is 21.6. The summed E-state index contributed by atoms with van der Waals surface area (Å²) in [7, 11) is 0. The summed E-state index contributed by atoms with van der Waals surface area (Å²) in [4.78, 5) is 31.2. The normalized spacial score (nSPS) is 21.9. The second-order valence-corrected chi connectivity index (χ2v) is 13.8. The molecule has 0 aliphatic carbocycles. The second kappa shape index (κ2) is 11.5. The maximum atomic E-state index is 13.0. The molecule has 45 heavy (non-hydrogen) atoms. The summed E-state index contributed by atoms with van der Waals surface area (Å²) in [6.45, 7) is 11.1. The van der Waals surface area contributed by atoms with E-state index in [1.807, 2.05) is 38.1 Å². The van der Waals surface area contributed by atoms with Crippen LogP contribution in [0.4, 0.5) is 4.79 Å². The Labute approximate surface area is 264 Å². The number of aromatic amines is 2. The average Bonchev–Trinajstić information content (AvgIpc) is 3.83. The minimum atomic E-state index is -0.539. The number of ether oxygens (including phenoxy) is 1. The summed E-state index contributed by atoms with van der Waals surface area (Å²) in [5.74, 6) is 2.50. The number of likely N-dealkylation sites (tertiary alicyclic amines) is 1. The first-order valence-corrected chi connectivity index (χ1v) is 16.1. The molecule has 0 saturated carbocycles. The van der Waals surface area contributed by atoms with Crippen LogP contribution in [0, 0.1) is 5.92 Å². The Morgan fingerprint density at radius 2 is 1.40 bits per heavy atom. The predicted octanol–water partition coefficient (Wildman–Crippen LogP) is 8.42. The number of imidazole rings is 2. The maximum absolute atomic E-state index is 13.0. The molecule has 8 heteroatoms. The van der Waals surface area contributed by atoms with Gasteiger partial charge in [0.05, 0.1) is 35.9 Å². The molecule has 7 rings (SSSR count). The van der Waals surface area contributed by atoms with Crippen molar-refractivity contribution in [3.63, 3.8) is 0 Å². The number of benzene rings is 3. The summed E-state index contributed by atoms with van der Waals surface area (Å²) in [5.41, 5.74) is 6.00. The first-order valence-electron chi connectivity index (χ1n) is 16.1. The third-order valence-electron chi connectivity index (χ3n) is 9.14. The van der Waals surface area contributed by atoms with Gasteiger partial charge in [-0.2, -0.15) is 0 Å². The third-order valence-corrected chi connectivity index (χ3v) is 9.14. The fourth-order valence-corrected chi connectivity index (χ4v) is 6.74. The van der Waals surface area contributed by atoms with E-state index in [1.165, 1.54) is 16.5 Å². The Morgan fingerprint density at radius 1 is 0.800 bits per heavy atom. The lowest BCUT2D eigenvalue weighted by Crippen LogP contribution is -2.40. The molecular weight excluding hydrogens is 560 g/mol. The van der Waals surface area contributed by atoms with Gasteiger partial charge < -0.3 is 20.0 Å². The van der Waals surface area contributed by atoms with E-state index in [1.54, 1.807) is 0 Å². The van der Waals surface area contributed by atoms with Gasteiger partial charge in [0.1, 0.15) is 17.2 Å². The van der Waals surface area contributed by atoms with Crippen molar-refractivity contribution < 1.29 is 9.53 Å². The molecule has 2 fully saturated rings. The number of carbonyl (C=O) groups excluding carboxylic acids is 1. The highest BCUT2D eigenvalue weighted by Crippen LogP contribution is 2.37. The van der Waals surface area contributed by atoms with Crippen LogP contribution in [0.1, 0.15) is 77.6 Å². The van der Waals surface area contributed by atoms with Crippen molar-refractivity contribution in [2.24, 2.45) is 5.92 Å². The van der Waals surface area contributed by atoms with Gasteiger partial charge in [-0.15, -0.1) is 0 Å². The van der Waals surface area contributed by atoms with Crippen molar-refractivity contribution in [1.82, 2.24) is 30.2 Å². The molecule has 1 amide bonds. The molecular formula is C37H42N6O2. The Balaban J connectivity index is 1.07. The number of hydrogen-bond acceptors (Lipinski definition) is 5. The number of aromatic nitrogens is 4. The molecule has 0 bridgehead atoms. The minimum absolute atomic E-state index is 0.103. The molecule has 0 spiro atoms. The van der Waals surface area contributed by atoms with Crippen LogP contribution in [0.15, 0.2) is 73.1 Å². The first kappa shape index (κ1) is 29.3. The lowest BCUT2D eigenvalue weighted by molar-refractivity contribution is 0.0151. The summed E-state index contributed by atoms with van der Waals surface area (Å²) in [6.07, 6.45) is 6.42. The maximum Gasteiger partial charge on any atom is 0.411 e. The van der Waals surface area contributed by atoms with E-state index < -0.39 is 5.60 Å². The largest absolute Gasteiger partial charge is 0.444 e. The Kier molecular flexibility index (Phi) is 7.48. The van der Waals surface area contributed by atoms with Crippen LogP contribution in [0.5, 0.6) is 0 Å². The van der Waals surface area contributed by atoms with Gasteiger partial charge in [0.25, 0.3) is 0 Å². The molecule has 2 unspecified atom stereocenters. The van der Waals surface area contributed by atoms with Crippen LogP contribution < -0.4 is 5.32 Å². The molecule has 2 aromatic heterocycles. The van der Waals surface area contributed by atoms with Gasteiger partial charge in [0.15, 0.2) is 0 Å². The SMILES string of the molecule is CC1CN[C@H](c2ncc(-c3ccc(-c4ccc5cc(-c6cnc([C@@H]7CCC(C)N7C(=O)OC(C)(C)C)[nH]6)ccc5c4)cc3)[nH]2)C1. The van der Waals surface area contributed by atoms with Crippen LogP contribution in [0.3, 0.4) is 0 Å². The Bertz CT molecular complexity index is 1830. The number of fused-ring (bicyclic) bond motifs is 1. The van der Waals surface area contributed by atoms with Gasteiger partial charge in [-0.3, -0.25) is 4.90 Å². The van der Waals surface area contributed by atoms with Crippen LogP contribution in [0.2, 0.25) is 0 Å². The summed E-state index contributed by atoms with van der Waals surface area (Å²) < 4.78 is 5.71. The van der Waals surface area contributed by atoms with Crippen molar-refractivity contribution >= 4 is 16.9 Å². The van der Waals surface area contributed by atoms with Gasteiger partial charge >= 0.3 is 6.09 Å². The van der Waals surface area contributed by atoms with Crippen LogP contribution in [-0.4, -0.2) is 49.1 Å². The third kappa shape index (κ3) is 5.99. The number of rotatable bonds is 5. The fourth-order valence-electron chi connectivity index (χ4n) is 6.74. The molecule has 3 N–H and O–H groups in total. The van der Waals surface area contributed by atoms with Crippen LogP contribution in [-0.2, 0) is 4.74 Å². The molecule has 4 heterocycles. The lowest BCUT2D eigenvalue weighted by atomic mass is 9.98. The van der Waals surface area contributed by atoms with Gasteiger partial charge in [-0.25, -0.2) is 14.8 Å². The second-order valence-electron chi connectivity index (χ2n) is 13.8. The minimum Gasteiger partial charge on any atom is -0.444 e. The topological polar surface area (TPSA) is 98.9 Å². The molecule has 2 saturated heterocycles. The van der Waals surface area contributed by atoms with E-state index in [0.29, 0.717) is 12.0 Å². The number of amides is 1. The fraction of sp³-hybridized carbons (Fsp3) is 0.378. The monoisotopic (exact) mass is 602 g/mol. The number of carbonyl (C=O) groups is 1. The van der Waals surface area contributed by atoms with Crippen molar-refractivity contribution in [1.29, 1.82) is 0 Å². The van der Waals surface area contributed by atoms with E-state index in [0.717, 1.165) is 65.4 Å². The molecule has 3 aromatic carbocycles. The van der Waals surface area contributed by atoms with Gasteiger partial charge in [-0.05, 0) is 99.0 Å². The molecule has 5 aromatic rings. The number of H-pyrrole nitrogens is 2. The van der Waals surface area contributed by atoms with Gasteiger partial charge in [0, 0.05) is 11.6 Å². The number of hydrogen-bond donors (Lipinski definition) is 3. The van der Waals surface area contributed by atoms with E-state index in [4.69, 9.17) is 9.72 Å². The molecule has 8 nitrogen and oxygen atoms in total. The highest BCUT2D eigenvalue weighted by Gasteiger charge is 2.39. The lowest BCUT2D eigenvalue weighted by Gasteiger charge is -2.30. The molecule has 232 valence electrons. The van der Waals surface area contributed by atoms with Crippen LogP contribution >= 0.6 is 0 Å². The van der Waals surface area contributed by atoms with Crippen molar-refractivity contribution in [2.45, 2.75) is 77.6 Å². The predicted molar refractivity (Wildman–Crippen MR) is 179 cm³/mol. The van der Waals surface area contributed by atoms with Crippen LogP contribution in [0.25, 0.3) is 44.4 Å². The summed E-state index contributed by atoms with van der Waals surface area (Å²) >= 11 is 0. The average molecular weight is 603 g/mol. The quantitative estimate of drug-likeness (QED) is 0.188. The Morgan fingerprint density at radius 3 is 2.09 bits per heavy atom.